The first-order valence-electron chi connectivity index (χ1n) is 6.46. The van der Waals surface area contributed by atoms with Gasteiger partial charge in [0.1, 0.15) is 0 Å². The summed E-state index contributed by atoms with van der Waals surface area (Å²) >= 11 is 0. The van der Waals surface area contributed by atoms with E-state index in [1.807, 2.05) is 11.8 Å². The van der Waals surface area contributed by atoms with Crippen molar-refractivity contribution in [3.63, 3.8) is 0 Å². The van der Waals surface area contributed by atoms with Gasteiger partial charge in [0.2, 0.25) is 5.88 Å². The van der Waals surface area contributed by atoms with E-state index < -0.39 is 0 Å². The van der Waals surface area contributed by atoms with Gasteiger partial charge in [0.15, 0.2) is 5.69 Å². The van der Waals surface area contributed by atoms with Crippen LogP contribution in [0.15, 0.2) is 12.1 Å². The molecule has 1 saturated heterocycles. The lowest BCUT2D eigenvalue weighted by Gasteiger charge is -2.29. The molecule has 0 aliphatic carbocycles. The summed E-state index contributed by atoms with van der Waals surface area (Å²) < 4.78 is 5.20. The van der Waals surface area contributed by atoms with Crippen LogP contribution in [-0.2, 0) is 0 Å². The maximum Gasteiger partial charge on any atom is 0.274 e. The predicted molar refractivity (Wildman–Crippen MR) is 67.5 cm³/mol. The summed E-state index contributed by atoms with van der Waals surface area (Å²) in [6, 6.07) is 3.37. The van der Waals surface area contributed by atoms with E-state index >= 15 is 0 Å². The summed E-state index contributed by atoms with van der Waals surface area (Å²) in [6.45, 7) is 6.28. The van der Waals surface area contributed by atoms with Crippen molar-refractivity contribution in [2.24, 2.45) is 5.92 Å². The number of nitrogens with zero attached hydrogens (tertiary/aromatic N) is 3. The number of ether oxygens (including phenoxy) is 1. The van der Waals surface area contributed by atoms with E-state index in [0.717, 1.165) is 25.9 Å². The second kappa shape index (κ2) is 5.80. The summed E-state index contributed by atoms with van der Waals surface area (Å²) in [4.78, 5) is 14.0. The number of aromatic nitrogens is 2. The van der Waals surface area contributed by atoms with E-state index in [-0.39, 0.29) is 5.91 Å². The lowest BCUT2D eigenvalue weighted by Crippen LogP contribution is -2.38. The maximum absolute atomic E-state index is 12.2. The third-order valence-corrected chi connectivity index (χ3v) is 3.22. The van der Waals surface area contributed by atoms with Crippen molar-refractivity contribution in [1.82, 2.24) is 15.1 Å². The normalized spacial score (nSPS) is 16.7. The van der Waals surface area contributed by atoms with Crippen molar-refractivity contribution in [3.8, 4) is 5.88 Å². The number of piperidine rings is 1. The summed E-state index contributed by atoms with van der Waals surface area (Å²) in [6.07, 6.45) is 2.13. The molecule has 0 radical (unpaired) electrons. The molecule has 0 saturated carbocycles. The molecule has 0 aromatic carbocycles. The first-order valence-corrected chi connectivity index (χ1v) is 6.46. The lowest BCUT2D eigenvalue weighted by molar-refractivity contribution is 0.0690. The van der Waals surface area contributed by atoms with Crippen molar-refractivity contribution in [2.45, 2.75) is 26.7 Å². The molecule has 0 N–H and O–H groups in total. The standard InChI is InChI=1S/C13H19N3O2/c1-3-18-12-5-4-11(14-15-12)13(17)16-8-6-10(2)7-9-16/h4-5,10H,3,6-9H2,1-2H3. The van der Waals surface area contributed by atoms with Crippen molar-refractivity contribution in [3.05, 3.63) is 17.8 Å². The average molecular weight is 249 g/mol. The molecule has 0 bridgehead atoms. The van der Waals surface area contributed by atoms with Gasteiger partial charge in [0, 0.05) is 19.2 Å². The molecule has 0 unspecified atom stereocenters. The Kier molecular flexibility index (Phi) is 4.12. The van der Waals surface area contributed by atoms with Gasteiger partial charge < -0.3 is 9.64 Å². The zero-order chi connectivity index (χ0) is 13.0. The van der Waals surface area contributed by atoms with Gasteiger partial charge >= 0.3 is 0 Å². The smallest absolute Gasteiger partial charge is 0.274 e. The van der Waals surface area contributed by atoms with Gasteiger partial charge in [-0.15, -0.1) is 10.2 Å². The maximum atomic E-state index is 12.2. The molecular weight excluding hydrogens is 230 g/mol. The third kappa shape index (κ3) is 2.97. The molecule has 1 aliphatic heterocycles. The highest BCUT2D eigenvalue weighted by Gasteiger charge is 2.22. The molecule has 1 amide bonds. The van der Waals surface area contributed by atoms with Crippen LogP contribution in [0.5, 0.6) is 5.88 Å². The minimum Gasteiger partial charge on any atom is -0.477 e. The van der Waals surface area contributed by atoms with Gasteiger partial charge in [0.05, 0.1) is 6.61 Å². The van der Waals surface area contributed by atoms with E-state index in [1.54, 1.807) is 12.1 Å². The Morgan fingerprint density at radius 1 is 1.39 bits per heavy atom. The molecule has 98 valence electrons. The summed E-state index contributed by atoms with van der Waals surface area (Å²) in [5.41, 5.74) is 0.396. The van der Waals surface area contributed by atoms with Crippen LogP contribution < -0.4 is 4.74 Å². The molecule has 0 spiro atoms. The van der Waals surface area contributed by atoms with Crippen LogP contribution in [-0.4, -0.2) is 40.7 Å². The zero-order valence-corrected chi connectivity index (χ0v) is 10.9. The van der Waals surface area contributed by atoms with Crippen LogP contribution in [0.3, 0.4) is 0 Å². The first-order chi connectivity index (χ1) is 8.70. The Morgan fingerprint density at radius 2 is 2.11 bits per heavy atom. The average Bonchev–Trinajstić information content (AvgIpc) is 2.40. The van der Waals surface area contributed by atoms with Crippen molar-refractivity contribution in [2.75, 3.05) is 19.7 Å². The topological polar surface area (TPSA) is 55.3 Å². The Balaban J connectivity index is 2.00. The van der Waals surface area contributed by atoms with E-state index in [9.17, 15) is 4.79 Å². The fraction of sp³-hybridized carbons (Fsp3) is 0.615. The Morgan fingerprint density at radius 3 is 2.67 bits per heavy atom. The molecule has 0 atom stereocenters. The second-order valence-corrected chi connectivity index (χ2v) is 4.66. The lowest BCUT2D eigenvalue weighted by atomic mass is 9.99. The Bertz CT molecular complexity index is 397. The first kappa shape index (κ1) is 12.8. The quantitative estimate of drug-likeness (QED) is 0.819. The molecule has 1 aromatic heterocycles. The van der Waals surface area contributed by atoms with Gasteiger partial charge in [-0.3, -0.25) is 4.79 Å². The summed E-state index contributed by atoms with van der Waals surface area (Å²) in [5, 5.41) is 7.80. The van der Waals surface area contributed by atoms with Gasteiger partial charge in [-0.05, 0) is 31.7 Å². The van der Waals surface area contributed by atoms with Gasteiger partial charge in [0.25, 0.3) is 5.91 Å². The summed E-state index contributed by atoms with van der Waals surface area (Å²) in [7, 11) is 0. The SMILES string of the molecule is CCOc1ccc(C(=O)N2CCC(C)CC2)nn1. The minimum atomic E-state index is -0.0301. The molecule has 5 nitrogen and oxygen atoms in total. The number of rotatable bonds is 3. The largest absolute Gasteiger partial charge is 0.477 e. The zero-order valence-electron chi connectivity index (χ0n) is 10.9. The van der Waals surface area contributed by atoms with Crippen LogP contribution in [0.1, 0.15) is 37.2 Å². The van der Waals surface area contributed by atoms with Crippen LogP contribution in [0.25, 0.3) is 0 Å². The highest BCUT2D eigenvalue weighted by molar-refractivity contribution is 5.92. The molecule has 2 heterocycles. The molecule has 18 heavy (non-hydrogen) atoms. The minimum absolute atomic E-state index is 0.0301. The van der Waals surface area contributed by atoms with E-state index in [0.29, 0.717) is 24.1 Å². The van der Waals surface area contributed by atoms with Crippen molar-refractivity contribution < 1.29 is 9.53 Å². The number of carbonyl (C=O) groups excluding carboxylic acids is 1. The molecule has 1 aromatic rings. The van der Waals surface area contributed by atoms with Crippen LogP contribution in [0.4, 0.5) is 0 Å². The van der Waals surface area contributed by atoms with Crippen LogP contribution in [0, 0.1) is 5.92 Å². The molecule has 5 heteroatoms. The number of amides is 1. The third-order valence-electron chi connectivity index (χ3n) is 3.22. The Labute approximate surface area is 107 Å². The fourth-order valence-corrected chi connectivity index (χ4v) is 2.03. The molecule has 2 rings (SSSR count). The monoisotopic (exact) mass is 249 g/mol. The Hall–Kier alpha value is -1.65. The number of carbonyl (C=O) groups is 1. The van der Waals surface area contributed by atoms with Crippen molar-refractivity contribution >= 4 is 5.91 Å². The highest BCUT2D eigenvalue weighted by atomic mass is 16.5. The van der Waals surface area contributed by atoms with E-state index in [2.05, 4.69) is 17.1 Å². The summed E-state index contributed by atoms with van der Waals surface area (Å²) in [5.74, 6) is 1.14. The van der Waals surface area contributed by atoms with Gasteiger partial charge in [-0.25, -0.2) is 0 Å². The predicted octanol–water partition coefficient (Wildman–Crippen LogP) is 1.75. The fourth-order valence-electron chi connectivity index (χ4n) is 2.03. The van der Waals surface area contributed by atoms with Gasteiger partial charge in [-0.2, -0.15) is 0 Å². The number of hydrogen-bond donors (Lipinski definition) is 0. The number of hydrogen-bond acceptors (Lipinski definition) is 4. The van der Waals surface area contributed by atoms with Crippen LogP contribution in [0.2, 0.25) is 0 Å². The van der Waals surface area contributed by atoms with E-state index in [4.69, 9.17) is 4.74 Å². The van der Waals surface area contributed by atoms with Crippen LogP contribution >= 0.6 is 0 Å². The van der Waals surface area contributed by atoms with E-state index in [1.165, 1.54) is 0 Å². The van der Waals surface area contributed by atoms with Crippen molar-refractivity contribution in [1.29, 1.82) is 0 Å². The van der Waals surface area contributed by atoms with Gasteiger partial charge in [-0.1, -0.05) is 6.92 Å². The number of likely N-dealkylation sites (tertiary alicyclic amines) is 1. The molecular formula is C13H19N3O2. The highest BCUT2D eigenvalue weighted by Crippen LogP contribution is 2.17. The molecule has 1 fully saturated rings. The second-order valence-electron chi connectivity index (χ2n) is 4.66. The molecule has 1 aliphatic rings.